The zero-order valence-electron chi connectivity index (χ0n) is 12.1. The Kier molecular flexibility index (Phi) is 4.79. The first-order valence-corrected chi connectivity index (χ1v) is 6.98. The van der Waals surface area contributed by atoms with Crippen LogP contribution in [0.25, 0.3) is 0 Å². The van der Waals surface area contributed by atoms with Gasteiger partial charge in [0.1, 0.15) is 6.04 Å². The van der Waals surface area contributed by atoms with Crippen LogP contribution in [-0.4, -0.2) is 43.2 Å². The van der Waals surface area contributed by atoms with E-state index in [1.807, 2.05) is 30.9 Å². The third kappa shape index (κ3) is 3.19. The Labute approximate surface area is 119 Å². The average Bonchev–Trinajstić information content (AvgIpc) is 2.47. The number of nitrogens with two attached hydrogens (primary N) is 1. The first kappa shape index (κ1) is 14.6. The molecule has 110 valence electrons. The van der Waals surface area contributed by atoms with Gasteiger partial charge in [-0.3, -0.25) is 4.79 Å². The Balaban J connectivity index is 2.22. The van der Waals surface area contributed by atoms with Crippen LogP contribution in [0.4, 0.5) is 11.5 Å². The number of hydrogen-bond acceptors (Lipinski definition) is 5. The maximum absolute atomic E-state index is 12.2. The Morgan fingerprint density at radius 1 is 1.60 bits per heavy atom. The molecule has 0 bridgehead atoms. The van der Waals surface area contributed by atoms with E-state index in [0.717, 1.165) is 12.1 Å². The molecule has 1 atom stereocenters. The number of carbonyl (C=O) groups excluding carboxylic acids is 1. The molecule has 1 aliphatic rings. The smallest absolute Gasteiger partial charge is 0.245 e. The molecule has 1 aromatic rings. The monoisotopic (exact) mass is 278 g/mol. The number of aryl methyl sites for hydroxylation is 1. The molecule has 0 aliphatic carbocycles. The minimum absolute atomic E-state index is 0.0331. The highest BCUT2D eigenvalue weighted by atomic mass is 16.5. The van der Waals surface area contributed by atoms with Crippen molar-refractivity contribution < 1.29 is 9.53 Å². The average molecular weight is 278 g/mol. The second kappa shape index (κ2) is 6.56. The molecule has 0 radical (unpaired) electrons. The molecular formula is C14H22N4O2. The first-order chi connectivity index (χ1) is 9.63. The van der Waals surface area contributed by atoms with Crippen LogP contribution in [0.2, 0.25) is 0 Å². The number of rotatable bonds is 4. The molecule has 2 heterocycles. The van der Waals surface area contributed by atoms with Crippen LogP contribution < -0.4 is 16.0 Å². The fourth-order valence-corrected chi connectivity index (χ4v) is 2.22. The summed E-state index contributed by atoms with van der Waals surface area (Å²) >= 11 is 0. The van der Waals surface area contributed by atoms with Gasteiger partial charge in [0, 0.05) is 18.8 Å². The lowest BCUT2D eigenvalue weighted by Crippen LogP contribution is -2.54. The van der Waals surface area contributed by atoms with E-state index in [2.05, 4.69) is 10.3 Å². The summed E-state index contributed by atoms with van der Waals surface area (Å²) in [6.07, 6.45) is 0.907. The molecule has 6 heteroatoms. The molecule has 3 N–H and O–H groups in total. The minimum Gasteiger partial charge on any atom is -0.396 e. The number of nitrogens with zero attached hydrogens (tertiary/aromatic N) is 2. The van der Waals surface area contributed by atoms with Crippen molar-refractivity contribution in [1.82, 2.24) is 10.3 Å². The minimum atomic E-state index is -0.369. The van der Waals surface area contributed by atoms with Gasteiger partial charge in [-0.1, -0.05) is 6.92 Å². The molecule has 0 aromatic carbocycles. The van der Waals surface area contributed by atoms with E-state index in [4.69, 9.17) is 10.5 Å². The van der Waals surface area contributed by atoms with Crippen molar-refractivity contribution in [2.75, 3.05) is 36.9 Å². The van der Waals surface area contributed by atoms with Gasteiger partial charge in [-0.25, -0.2) is 4.98 Å². The van der Waals surface area contributed by atoms with Gasteiger partial charge in [-0.15, -0.1) is 0 Å². The lowest BCUT2D eigenvalue weighted by Gasteiger charge is -2.36. The third-order valence-corrected chi connectivity index (χ3v) is 3.30. The van der Waals surface area contributed by atoms with Crippen molar-refractivity contribution in [1.29, 1.82) is 0 Å². The number of carbonyl (C=O) groups is 1. The van der Waals surface area contributed by atoms with Crippen molar-refractivity contribution in [3.8, 4) is 0 Å². The second-order valence-corrected chi connectivity index (χ2v) is 4.94. The normalized spacial score (nSPS) is 18.9. The fourth-order valence-electron chi connectivity index (χ4n) is 2.22. The number of nitrogen functional groups attached to an aromatic ring is 1. The highest BCUT2D eigenvalue weighted by Gasteiger charge is 2.31. The molecular weight excluding hydrogens is 256 g/mol. The van der Waals surface area contributed by atoms with Gasteiger partial charge in [0.15, 0.2) is 5.82 Å². The van der Waals surface area contributed by atoms with Crippen LogP contribution >= 0.6 is 0 Å². The molecule has 0 spiro atoms. The summed E-state index contributed by atoms with van der Waals surface area (Å²) in [6.45, 7) is 6.16. The molecule has 1 unspecified atom stereocenters. The van der Waals surface area contributed by atoms with Gasteiger partial charge >= 0.3 is 0 Å². The SMILES string of the molecule is CCCNC(=O)C1COCCN1c1nc(C)ccc1N. The van der Waals surface area contributed by atoms with Crippen LogP contribution in [0.1, 0.15) is 19.0 Å². The maximum Gasteiger partial charge on any atom is 0.245 e. The van der Waals surface area contributed by atoms with E-state index in [9.17, 15) is 4.79 Å². The van der Waals surface area contributed by atoms with Crippen LogP contribution in [0.3, 0.4) is 0 Å². The number of nitrogens with one attached hydrogen (secondary N) is 1. The summed E-state index contributed by atoms with van der Waals surface area (Å²) < 4.78 is 5.43. The number of pyridine rings is 1. The third-order valence-electron chi connectivity index (χ3n) is 3.30. The Morgan fingerprint density at radius 3 is 3.15 bits per heavy atom. The van der Waals surface area contributed by atoms with E-state index >= 15 is 0 Å². The lowest BCUT2D eigenvalue weighted by molar-refractivity contribution is -0.124. The molecule has 1 aromatic heterocycles. The standard InChI is InChI=1S/C14H22N4O2/c1-3-6-16-14(19)12-9-20-8-7-18(12)13-11(15)5-4-10(2)17-13/h4-5,12H,3,6-9,15H2,1-2H3,(H,16,19). The Hall–Kier alpha value is -1.82. The quantitative estimate of drug-likeness (QED) is 0.847. The van der Waals surface area contributed by atoms with Gasteiger partial charge in [0.25, 0.3) is 0 Å². The Bertz CT molecular complexity index is 478. The van der Waals surface area contributed by atoms with Gasteiger partial charge in [-0.2, -0.15) is 0 Å². The number of hydrogen-bond donors (Lipinski definition) is 2. The zero-order chi connectivity index (χ0) is 14.5. The summed E-state index contributed by atoms with van der Waals surface area (Å²) in [4.78, 5) is 18.7. The van der Waals surface area contributed by atoms with Crippen LogP contribution in [0.5, 0.6) is 0 Å². The predicted octanol–water partition coefficient (Wildman–Crippen LogP) is 0.704. The van der Waals surface area contributed by atoms with Crippen LogP contribution in [0.15, 0.2) is 12.1 Å². The van der Waals surface area contributed by atoms with Crippen molar-refractivity contribution in [3.63, 3.8) is 0 Å². The maximum atomic E-state index is 12.2. The van der Waals surface area contributed by atoms with Gasteiger partial charge in [0.2, 0.25) is 5.91 Å². The molecule has 1 amide bonds. The molecule has 2 rings (SSSR count). The number of ether oxygens (including phenoxy) is 1. The Morgan fingerprint density at radius 2 is 2.40 bits per heavy atom. The predicted molar refractivity (Wildman–Crippen MR) is 78.6 cm³/mol. The molecule has 0 saturated carbocycles. The van der Waals surface area contributed by atoms with E-state index in [1.54, 1.807) is 0 Å². The number of anilines is 2. The molecule has 1 aliphatic heterocycles. The fraction of sp³-hybridized carbons (Fsp3) is 0.571. The van der Waals surface area contributed by atoms with E-state index in [0.29, 0.717) is 37.8 Å². The first-order valence-electron chi connectivity index (χ1n) is 6.98. The number of amides is 1. The summed E-state index contributed by atoms with van der Waals surface area (Å²) in [7, 11) is 0. The summed E-state index contributed by atoms with van der Waals surface area (Å²) in [5.74, 6) is 0.638. The van der Waals surface area contributed by atoms with Gasteiger partial charge in [0.05, 0.1) is 18.9 Å². The van der Waals surface area contributed by atoms with E-state index in [1.165, 1.54) is 0 Å². The van der Waals surface area contributed by atoms with Gasteiger partial charge < -0.3 is 20.7 Å². The molecule has 6 nitrogen and oxygen atoms in total. The van der Waals surface area contributed by atoms with E-state index in [-0.39, 0.29) is 11.9 Å². The number of morpholine rings is 1. The van der Waals surface area contributed by atoms with Crippen LogP contribution in [-0.2, 0) is 9.53 Å². The van der Waals surface area contributed by atoms with Crippen molar-refractivity contribution in [3.05, 3.63) is 17.8 Å². The highest BCUT2D eigenvalue weighted by molar-refractivity contribution is 5.86. The molecule has 1 fully saturated rings. The zero-order valence-corrected chi connectivity index (χ0v) is 12.1. The van der Waals surface area contributed by atoms with E-state index < -0.39 is 0 Å². The summed E-state index contributed by atoms with van der Waals surface area (Å²) in [6, 6.07) is 3.33. The van der Waals surface area contributed by atoms with Crippen LogP contribution in [0, 0.1) is 6.92 Å². The summed E-state index contributed by atoms with van der Waals surface area (Å²) in [5.41, 5.74) is 7.48. The van der Waals surface area contributed by atoms with Gasteiger partial charge in [-0.05, 0) is 25.5 Å². The molecule has 1 saturated heterocycles. The molecule has 20 heavy (non-hydrogen) atoms. The van der Waals surface area contributed by atoms with Crippen molar-refractivity contribution in [2.24, 2.45) is 0 Å². The summed E-state index contributed by atoms with van der Waals surface area (Å²) in [5, 5.41) is 2.91. The number of aromatic nitrogens is 1. The topological polar surface area (TPSA) is 80.5 Å². The van der Waals surface area contributed by atoms with Crippen molar-refractivity contribution >= 4 is 17.4 Å². The second-order valence-electron chi connectivity index (χ2n) is 4.94. The van der Waals surface area contributed by atoms with Crippen molar-refractivity contribution in [2.45, 2.75) is 26.3 Å². The highest BCUT2D eigenvalue weighted by Crippen LogP contribution is 2.24. The lowest BCUT2D eigenvalue weighted by atomic mass is 10.2. The largest absolute Gasteiger partial charge is 0.396 e.